The lowest BCUT2D eigenvalue weighted by Crippen LogP contribution is -2.22. The van der Waals surface area contributed by atoms with Crippen LogP contribution in [-0.4, -0.2) is 10.6 Å². The Kier molecular flexibility index (Phi) is 2.54. The van der Waals surface area contributed by atoms with Crippen LogP contribution in [0.4, 0.5) is 0 Å². The molecule has 0 atom stereocenters. The quantitative estimate of drug-likeness (QED) is 0.873. The average molecular weight is 256 g/mol. The van der Waals surface area contributed by atoms with Crippen molar-refractivity contribution in [3.8, 4) is 5.75 Å². The molecule has 76 valence electrons. The molecule has 0 aromatic heterocycles. The molecule has 0 bridgehead atoms. The summed E-state index contributed by atoms with van der Waals surface area (Å²) in [4.78, 5) is 0. The molecule has 0 radical (unpaired) electrons. The van der Waals surface area contributed by atoms with Crippen LogP contribution in [-0.2, 0) is 6.42 Å². The van der Waals surface area contributed by atoms with Crippen LogP contribution in [0.3, 0.4) is 0 Å². The van der Waals surface area contributed by atoms with E-state index in [-0.39, 0.29) is 5.54 Å². The van der Waals surface area contributed by atoms with Crippen LogP contribution in [0.5, 0.6) is 5.75 Å². The number of aromatic hydroxyl groups is 1. The van der Waals surface area contributed by atoms with Crippen LogP contribution in [0.2, 0.25) is 0 Å². The number of aryl methyl sites for hydroxylation is 1. The Bertz CT molecular complexity index is 347. The van der Waals surface area contributed by atoms with Gasteiger partial charge in [-0.05, 0) is 49.4 Å². The van der Waals surface area contributed by atoms with Gasteiger partial charge in [-0.15, -0.1) is 0 Å². The molecular weight excluding hydrogens is 242 g/mol. The molecule has 1 aliphatic carbocycles. The van der Waals surface area contributed by atoms with Crippen molar-refractivity contribution < 1.29 is 5.11 Å². The number of halogens is 1. The molecule has 0 heterocycles. The average Bonchev–Trinajstić information content (AvgIpc) is 2.87. The monoisotopic (exact) mass is 255 g/mol. The van der Waals surface area contributed by atoms with Gasteiger partial charge in [0.25, 0.3) is 0 Å². The van der Waals surface area contributed by atoms with E-state index in [4.69, 9.17) is 5.73 Å². The van der Waals surface area contributed by atoms with Gasteiger partial charge < -0.3 is 10.8 Å². The Morgan fingerprint density at radius 1 is 1.43 bits per heavy atom. The fraction of sp³-hybridized carbons (Fsp3) is 0.455. The highest BCUT2D eigenvalue weighted by atomic mass is 79.9. The summed E-state index contributed by atoms with van der Waals surface area (Å²) in [6, 6.07) is 5.36. The van der Waals surface area contributed by atoms with Gasteiger partial charge in [-0.3, -0.25) is 0 Å². The second-order valence-electron chi connectivity index (χ2n) is 4.14. The summed E-state index contributed by atoms with van der Waals surface area (Å²) in [6.07, 6.45) is 4.23. The van der Waals surface area contributed by atoms with Crippen LogP contribution in [0, 0.1) is 0 Å². The summed E-state index contributed by atoms with van der Waals surface area (Å²) in [5.74, 6) is 0.324. The molecule has 3 N–H and O–H groups in total. The zero-order valence-electron chi connectivity index (χ0n) is 7.96. The molecule has 0 aliphatic heterocycles. The van der Waals surface area contributed by atoms with Crippen LogP contribution in [0.15, 0.2) is 22.7 Å². The molecule has 14 heavy (non-hydrogen) atoms. The SMILES string of the molecule is NC1(CCc2cc(O)ccc2Br)CC1. The maximum absolute atomic E-state index is 9.33. The lowest BCUT2D eigenvalue weighted by molar-refractivity contribution is 0.474. The Hall–Kier alpha value is -0.540. The number of nitrogens with two attached hydrogens (primary N) is 1. The third kappa shape index (κ3) is 2.28. The summed E-state index contributed by atoms with van der Waals surface area (Å²) < 4.78 is 1.06. The molecule has 1 aromatic rings. The molecule has 2 rings (SSSR count). The molecule has 1 aliphatic rings. The highest BCUT2D eigenvalue weighted by Gasteiger charge is 2.37. The minimum atomic E-state index is 0.0882. The Labute approximate surface area is 92.3 Å². The Morgan fingerprint density at radius 2 is 2.14 bits per heavy atom. The molecule has 1 fully saturated rings. The first-order valence-corrected chi connectivity index (χ1v) is 5.65. The maximum atomic E-state index is 9.33. The molecular formula is C11H14BrNO. The molecule has 1 aromatic carbocycles. The normalized spacial score (nSPS) is 18.1. The second-order valence-corrected chi connectivity index (χ2v) is 4.99. The number of rotatable bonds is 3. The topological polar surface area (TPSA) is 46.2 Å². The fourth-order valence-corrected chi connectivity index (χ4v) is 1.99. The predicted molar refractivity (Wildman–Crippen MR) is 60.3 cm³/mol. The van der Waals surface area contributed by atoms with E-state index in [1.54, 1.807) is 12.1 Å². The van der Waals surface area contributed by atoms with Crippen LogP contribution >= 0.6 is 15.9 Å². The molecule has 0 unspecified atom stereocenters. The zero-order valence-corrected chi connectivity index (χ0v) is 9.55. The van der Waals surface area contributed by atoms with Crippen molar-refractivity contribution in [1.82, 2.24) is 0 Å². The van der Waals surface area contributed by atoms with Crippen molar-refractivity contribution in [2.24, 2.45) is 5.73 Å². The Balaban J connectivity index is 2.04. The third-order valence-electron chi connectivity index (χ3n) is 2.81. The minimum absolute atomic E-state index is 0.0882. The van der Waals surface area contributed by atoms with E-state index in [1.165, 1.54) is 0 Å². The summed E-state index contributed by atoms with van der Waals surface area (Å²) in [5.41, 5.74) is 7.23. The van der Waals surface area contributed by atoms with Crippen molar-refractivity contribution in [3.63, 3.8) is 0 Å². The largest absolute Gasteiger partial charge is 0.508 e. The summed E-state index contributed by atoms with van der Waals surface area (Å²) in [7, 11) is 0. The van der Waals surface area contributed by atoms with Crippen molar-refractivity contribution >= 4 is 15.9 Å². The van der Waals surface area contributed by atoms with E-state index in [9.17, 15) is 5.11 Å². The molecule has 0 saturated heterocycles. The van der Waals surface area contributed by atoms with Gasteiger partial charge in [0.1, 0.15) is 5.75 Å². The predicted octanol–water partition coefficient (Wildman–Crippen LogP) is 2.58. The first-order chi connectivity index (χ1) is 6.59. The van der Waals surface area contributed by atoms with Crippen molar-refractivity contribution in [3.05, 3.63) is 28.2 Å². The van der Waals surface area contributed by atoms with Crippen LogP contribution in [0.25, 0.3) is 0 Å². The summed E-state index contributed by atoms with van der Waals surface area (Å²) in [5, 5.41) is 9.33. The van der Waals surface area contributed by atoms with Gasteiger partial charge >= 0.3 is 0 Å². The standard InChI is InChI=1S/C11H14BrNO/c12-10-2-1-9(14)7-8(10)3-4-11(13)5-6-11/h1-2,7,14H,3-6,13H2. The lowest BCUT2D eigenvalue weighted by Gasteiger charge is -2.09. The molecule has 0 amide bonds. The number of phenols is 1. The first kappa shape index (κ1) is 9.99. The smallest absolute Gasteiger partial charge is 0.115 e. The van der Waals surface area contributed by atoms with Gasteiger partial charge in [-0.2, -0.15) is 0 Å². The van der Waals surface area contributed by atoms with Crippen molar-refractivity contribution in [2.45, 2.75) is 31.2 Å². The van der Waals surface area contributed by atoms with E-state index in [0.717, 1.165) is 35.7 Å². The highest BCUT2D eigenvalue weighted by Crippen LogP contribution is 2.37. The molecule has 3 heteroatoms. The van der Waals surface area contributed by atoms with Gasteiger partial charge in [0.2, 0.25) is 0 Å². The zero-order chi connectivity index (χ0) is 10.2. The third-order valence-corrected chi connectivity index (χ3v) is 3.59. The summed E-state index contributed by atoms with van der Waals surface area (Å²) in [6.45, 7) is 0. The first-order valence-electron chi connectivity index (χ1n) is 4.85. The fourth-order valence-electron chi connectivity index (χ4n) is 1.55. The molecule has 1 saturated carbocycles. The van der Waals surface area contributed by atoms with Gasteiger partial charge in [-0.25, -0.2) is 0 Å². The van der Waals surface area contributed by atoms with E-state index in [2.05, 4.69) is 15.9 Å². The molecule has 0 spiro atoms. The van der Waals surface area contributed by atoms with Gasteiger partial charge in [0.15, 0.2) is 0 Å². The van der Waals surface area contributed by atoms with Crippen molar-refractivity contribution in [1.29, 1.82) is 0 Å². The van der Waals surface area contributed by atoms with E-state index in [0.29, 0.717) is 5.75 Å². The number of benzene rings is 1. The van der Waals surface area contributed by atoms with Crippen LogP contribution in [0.1, 0.15) is 24.8 Å². The van der Waals surface area contributed by atoms with Crippen molar-refractivity contribution in [2.75, 3.05) is 0 Å². The molecule has 2 nitrogen and oxygen atoms in total. The Morgan fingerprint density at radius 3 is 2.79 bits per heavy atom. The minimum Gasteiger partial charge on any atom is -0.508 e. The maximum Gasteiger partial charge on any atom is 0.115 e. The van der Waals surface area contributed by atoms with E-state index >= 15 is 0 Å². The van der Waals surface area contributed by atoms with Gasteiger partial charge in [-0.1, -0.05) is 15.9 Å². The van der Waals surface area contributed by atoms with E-state index < -0.39 is 0 Å². The van der Waals surface area contributed by atoms with Gasteiger partial charge in [0.05, 0.1) is 0 Å². The number of hydrogen-bond donors (Lipinski definition) is 2. The highest BCUT2D eigenvalue weighted by molar-refractivity contribution is 9.10. The van der Waals surface area contributed by atoms with Gasteiger partial charge in [0, 0.05) is 10.0 Å². The lowest BCUT2D eigenvalue weighted by atomic mass is 10.0. The summed E-state index contributed by atoms with van der Waals surface area (Å²) >= 11 is 3.47. The van der Waals surface area contributed by atoms with Crippen LogP contribution < -0.4 is 5.73 Å². The number of hydrogen-bond acceptors (Lipinski definition) is 2. The number of phenolic OH excluding ortho intramolecular Hbond substituents is 1. The van der Waals surface area contributed by atoms with E-state index in [1.807, 2.05) is 6.07 Å². The second kappa shape index (κ2) is 3.55.